The number of amides is 2. The number of anilines is 1. The average Bonchev–Trinajstić information content (AvgIpc) is 2.67. The minimum atomic E-state index is -0.560. The number of ether oxygens (including phenoxy) is 1. The van der Waals surface area contributed by atoms with Gasteiger partial charge >= 0.3 is 6.09 Å². The maximum atomic E-state index is 12.7. The third-order valence-electron chi connectivity index (χ3n) is 4.62. The summed E-state index contributed by atoms with van der Waals surface area (Å²) in [6.45, 7) is 1.07. The Morgan fingerprint density at radius 3 is 2.69 bits per heavy atom. The number of methoxy groups -OCH3 is 1. The summed E-state index contributed by atoms with van der Waals surface area (Å²) < 4.78 is 4.66. The number of carbonyl (C=O) groups is 2. The van der Waals surface area contributed by atoms with E-state index in [0.717, 1.165) is 22.4 Å². The third kappa shape index (κ3) is 4.03. The van der Waals surface area contributed by atoms with Gasteiger partial charge in [-0.15, -0.1) is 0 Å². The van der Waals surface area contributed by atoms with Gasteiger partial charge in [-0.05, 0) is 35.6 Å². The van der Waals surface area contributed by atoms with Gasteiger partial charge in [0, 0.05) is 18.8 Å². The van der Waals surface area contributed by atoms with Crippen LogP contribution in [0.1, 0.15) is 16.7 Å². The standard InChI is InChI=1S/C20H23N3O3/c1-26-20(25)22-18-9-5-8-15-13-23(11-10-16(15)18)19(24)17(21)12-14-6-3-2-4-7-14/h2-9,17H,10-13,21H2,1H3,(H,22,25). The number of nitrogens with two attached hydrogens (primary N) is 1. The van der Waals surface area contributed by atoms with Gasteiger partial charge in [0.25, 0.3) is 0 Å². The van der Waals surface area contributed by atoms with Crippen LogP contribution >= 0.6 is 0 Å². The first-order chi connectivity index (χ1) is 12.6. The van der Waals surface area contributed by atoms with E-state index in [4.69, 9.17) is 5.73 Å². The molecular formula is C20H23N3O3. The van der Waals surface area contributed by atoms with E-state index in [1.807, 2.05) is 48.5 Å². The Morgan fingerprint density at radius 1 is 1.19 bits per heavy atom. The van der Waals surface area contributed by atoms with Gasteiger partial charge in [0.1, 0.15) is 0 Å². The van der Waals surface area contributed by atoms with Gasteiger partial charge in [0.2, 0.25) is 5.91 Å². The van der Waals surface area contributed by atoms with Crippen molar-refractivity contribution in [2.45, 2.75) is 25.4 Å². The molecule has 0 radical (unpaired) electrons. The molecule has 2 aromatic carbocycles. The lowest BCUT2D eigenvalue weighted by molar-refractivity contribution is -0.133. The molecule has 0 spiro atoms. The number of benzene rings is 2. The second-order valence-corrected chi connectivity index (χ2v) is 6.37. The van der Waals surface area contributed by atoms with Crippen molar-refractivity contribution in [1.82, 2.24) is 4.90 Å². The fourth-order valence-corrected chi connectivity index (χ4v) is 3.27. The normalized spacial score (nSPS) is 14.3. The van der Waals surface area contributed by atoms with Crippen LogP contribution in [0.2, 0.25) is 0 Å². The number of nitrogens with zero attached hydrogens (tertiary/aromatic N) is 1. The molecule has 0 aliphatic carbocycles. The van der Waals surface area contributed by atoms with Gasteiger partial charge in [0.05, 0.1) is 13.2 Å². The maximum Gasteiger partial charge on any atom is 0.411 e. The number of carbonyl (C=O) groups excluding carboxylic acids is 2. The molecule has 6 heteroatoms. The van der Waals surface area contributed by atoms with Crippen molar-refractivity contribution in [3.63, 3.8) is 0 Å². The zero-order chi connectivity index (χ0) is 18.5. The number of nitrogens with one attached hydrogen (secondary N) is 1. The molecular weight excluding hydrogens is 330 g/mol. The van der Waals surface area contributed by atoms with E-state index in [1.165, 1.54) is 7.11 Å². The molecule has 2 aromatic rings. The van der Waals surface area contributed by atoms with E-state index < -0.39 is 12.1 Å². The number of hydrogen-bond acceptors (Lipinski definition) is 4. The van der Waals surface area contributed by atoms with E-state index in [1.54, 1.807) is 4.90 Å². The SMILES string of the molecule is COC(=O)Nc1cccc2c1CCN(C(=O)C(N)Cc1ccccc1)C2. The van der Waals surface area contributed by atoms with Crippen molar-refractivity contribution in [2.24, 2.45) is 5.73 Å². The van der Waals surface area contributed by atoms with Crippen LogP contribution in [-0.2, 0) is 28.9 Å². The zero-order valence-electron chi connectivity index (χ0n) is 14.8. The smallest absolute Gasteiger partial charge is 0.411 e. The summed E-state index contributed by atoms with van der Waals surface area (Å²) >= 11 is 0. The highest BCUT2D eigenvalue weighted by Crippen LogP contribution is 2.26. The van der Waals surface area contributed by atoms with Crippen LogP contribution in [0.15, 0.2) is 48.5 Å². The van der Waals surface area contributed by atoms with Crippen molar-refractivity contribution in [3.05, 3.63) is 65.2 Å². The molecule has 1 atom stereocenters. The summed E-state index contributed by atoms with van der Waals surface area (Å²) in [5.74, 6) is -0.0502. The number of hydrogen-bond donors (Lipinski definition) is 2. The van der Waals surface area contributed by atoms with Gasteiger partial charge < -0.3 is 15.4 Å². The lowest BCUT2D eigenvalue weighted by Gasteiger charge is -2.32. The Morgan fingerprint density at radius 2 is 1.96 bits per heavy atom. The summed E-state index contributed by atoms with van der Waals surface area (Å²) in [5.41, 5.74) is 9.99. The molecule has 1 aliphatic rings. The second-order valence-electron chi connectivity index (χ2n) is 6.37. The zero-order valence-corrected chi connectivity index (χ0v) is 14.8. The molecule has 1 heterocycles. The molecule has 26 heavy (non-hydrogen) atoms. The molecule has 3 N–H and O–H groups in total. The maximum absolute atomic E-state index is 12.7. The first-order valence-electron chi connectivity index (χ1n) is 8.62. The van der Waals surface area contributed by atoms with E-state index >= 15 is 0 Å². The van der Waals surface area contributed by atoms with Gasteiger partial charge in [-0.2, -0.15) is 0 Å². The average molecular weight is 353 g/mol. The fourth-order valence-electron chi connectivity index (χ4n) is 3.27. The second kappa shape index (κ2) is 8.01. The molecule has 0 bridgehead atoms. The minimum absolute atomic E-state index is 0.0502. The lowest BCUT2D eigenvalue weighted by atomic mass is 9.96. The Hall–Kier alpha value is -2.86. The molecule has 0 fully saturated rings. The van der Waals surface area contributed by atoms with Crippen LogP contribution in [0.25, 0.3) is 0 Å². The third-order valence-corrected chi connectivity index (χ3v) is 4.62. The Bertz CT molecular complexity index is 792. The topological polar surface area (TPSA) is 84.7 Å². The first kappa shape index (κ1) is 17.9. The van der Waals surface area contributed by atoms with Crippen molar-refractivity contribution in [2.75, 3.05) is 19.0 Å². The molecule has 2 amide bonds. The van der Waals surface area contributed by atoms with Crippen LogP contribution in [-0.4, -0.2) is 36.6 Å². The van der Waals surface area contributed by atoms with Gasteiger partial charge in [-0.3, -0.25) is 10.1 Å². The summed E-state index contributed by atoms with van der Waals surface area (Å²) in [6.07, 6.45) is 0.688. The van der Waals surface area contributed by atoms with E-state index in [9.17, 15) is 9.59 Å². The predicted molar refractivity (Wildman–Crippen MR) is 99.7 cm³/mol. The highest BCUT2D eigenvalue weighted by atomic mass is 16.5. The van der Waals surface area contributed by atoms with Crippen molar-refractivity contribution < 1.29 is 14.3 Å². The van der Waals surface area contributed by atoms with Crippen molar-refractivity contribution >= 4 is 17.7 Å². The highest BCUT2D eigenvalue weighted by Gasteiger charge is 2.26. The molecule has 0 aromatic heterocycles. The monoisotopic (exact) mass is 353 g/mol. The minimum Gasteiger partial charge on any atom is -0.453 e. The van der Waals surface area contributed by atoms with Crippen LogP contribution < -0.4 is 11.1 Å². The largest absolute Gasteiger partial charge is 0.453 e. The summed E-state index contributed by atoms with van der Waals surface area (Å²) in [7, 11) is 1.33. The quantitative estimate of drug-likeness (QED) is 0.883. The van der Waals surface area contributed by atoms with Gasteiger partial charge in [-0.1, -0.05) is 42.5 Å². The molecule has 6 nitrogen and oxygen atoms in total. The van der Waals surface area contributed by atoms with Crippen LogP contribution in [0, 0.1) is 0 Å². The number of rotatable bonds is 4. The van der Waals surface area contributed by atoms with Gasteiger partial charge in [-0.25, -0.2) is 4.79 Å². The number of fused-ring (bicyclic) bond motifs is 1. The van der Waals surface area contributed by atoms with E-state index in [2.05, 4.69) is 10.1 Å². The van der Waals surface area contributed by atoms with E-state index in [0.29, 0.717) is 25.9 Å². The van der Waals surface area contributed by atoms with Crippen LogP contribution in [0.5, 0.6) is 0 Å². The van der Waals surface area contributed by atoms with Crippen LogP contribution in [0.4, 0.5) is 10.5 Å². The molecule has 0 saturated carbocycles. The molecule has 1 unspecified atom stereocenters. The highest BCUT2D eigenvalue weighted by molar-refractivity contribution is 5.86. The lowest BCUT2D eigenvalue weighted by Crippen LogP contribution is -2.46. The van der Waals surface area contributed by atoms with Gasteiger partial charge in [0.15, 0.2) is 0 Å². The first-order valence-corrected chi connectivity index (χ1v) is 8.62. The Labute approximate surface area is 152 Å². The summed E-state index contributed by atoms with van der Waals surface area (Å²) in [5, 5.41) is 2.73. The summed E-state index contributed by atoms with van der Waals surface area (Å²) in [4.78, 5) is 26.0. The fraction of sp³-hybridized carbons (Fsp3) is 0.300. The molecule has 1 aliphatic heterocycles. The molecule has 0 saturated heterocycles. The Kier molecular flexibility index (Phi) is 5.53. The van der Waals surface area contributed by atoms with Crippen LogP contribution in [0.3, 0.4) is 0 Å². The molecule has 3 rings (SSSR count). The van der Waals surface area contributed by atoms with E-state index in [-0.39, 0.29) is 5.91 Å². The van der Waals surface area contributed by atoms with Crippen molar-refractivity contribution in [1.29, 1.82) is 0 Å². The molecule has 136 valence electrons. The predicted octanol–water partition coefficient (Wildman–Crippen LogP) is 2.32. The Balaban J connectivity index is 1.69. The van der Waals surface area contributed by atoms with Crippen molar-refractivity contribution in [3.8, 4) is 0 Å². The summed E-state index contributed by atoms with van der Waals surface area (Å²) in [6, 6.07) is 14.9.